The van der Waals surface area contributed by atoms with Crippen molar-refractivity contribution in [3.63, 3.8) is 0 Å². The van der Waals surface area contributed by atoms with Crippen LogP contribution in [0.2, 0.25) is 0 Å². The third kappa shape index (κ3) is 4.48. The molecular weight excluding hydrogens is 334 g/mol. The molecule has 2 aromatic rings. The van der Waals surface area contributed by atoms with E-state index in [1.54, 1.807) is 11.3 Å². The van der Waals surface area contributed by atoms with Crippen molar-refractivity contribution in [2.75, 3.05) is 6.54 Å². The summed E-state index contributed by atoms with van der Waals surface area (Å²) in [6, 6.07) is 0. The first kappa shape index (κ1) is 18.1. The predicted octanol–water partition coefficient (Wildman–Crippen LogP) is 3.35. The number of rotatable bonds is 7. The van der Waals surface area contributed by atoms with Crippen molar-refractivity contribution in [3.8, 4) is 0 Å². The highest BCUT2D eigenvalue weighted by atomic mass is 32.1. The van der Waals surface area contributed by atoms with Crippen molar-refractivity contribution in [2.24, 2.45) is 5.92 Å². The van der Waals surface area contributed by atoms with Crippen LogP contribution in [0.4, 0.5) is 0 Å². The second-order valence-electron chi connectivity index (χ2n) is 7.29. The molecule has 1 aliphatic rings. The van der Waals surface area contributed by atoms with E-state index in [-0.39, 0.29) is 11.5 Å². The lowest BCUT2D eigenvalue weighted by atomic mass is 9.97. The van der Waals surface area contributed by atoms with E-state index in [2.05, 4.69) is 29.1 Å². The highest BCUT2D eigenvalue weighted by molar-refractivity contribution is 7.18. The molecule has 25 heavy (non-hydrogen) atoms. The fraction of sp³-hybridized carbons (Fsp3) is 0.632. The Morgan fingerprint density at radius 1 is 1.32 bits per heavy atom. The van der Waals surface area contributed by atoms with Gasteiger partial charge in [-0.3, -0.25) is 9.59 Å². The molecule has 1 aliphatic carbocycles. The average molecular weight is 362 g/mol. The fourth-order valence-corrected chi connectivity index (χ4v) is 4.67. The van der Waals surface area contributed by atoms with Crippen molar-refractivity contribution >= 4 is 27.5 Å². The van der Waals surface area contributed by atoms with E-state index in [1.165, 1.54) is 16.9 Å². The van der Waals surface area contributed by atoms with Crippen LogP contribution in [0.25, 0.3) is 10.2 Å². The van der Waals surface area contributed by atoms with E-state index in [0.717, 1.165) is 48.9 Å². The normalized spacial score (nSPS) is 14.0. The van der Waals surface area contributed by atoms with Crippen molar-refractivity contribution in [3.05, 3.63) is 26.6 Å². The number of nitrogens with zero attached hydrogens (tertiary/aromatic N) is 1. The van der Waals surface area contributed by atoms with Crippen LogP contribution in [0.5, 0.6) is 0 Å². The van der Waals surface area contributed by atoms with Gasteiger partial charge in [0.05, 0.1) is 5.39 Å². The Balaban J connectivity index is 1.61. The van der Waals surface area contributed by atoms with Crippen LogP contribution in [0.3, 0.4) is 0 Å². The molecule has 2 heterocycles. The molecule has 6 heteroatoms. The summed E-state index contributed by atoms with van der Waals surface area (Å²) in [6.45, 7) is 5.09. The molecule has 0 saturated carbocycles. The smallest absolute Gasteiger partial charge is 0.259 e. The predicted molar refractivity (Wildman–Crippen MR) is 102 cm³/mol. The largest absolute Gasteiger partial charge is 0.356 e. The number of aromatic nitrogens is 2. The minimum atomic E-state index is -0.0447. The summed E-state index contributed by atoms with van der Waals surface area (Å²) in [5.41, 5.74) is 1.16. The van der Waals surface area contributed by atoms with Gasteiger partial charge in [0.2, 0.25) is 5.91 Å². The van der Waals surface area contributed by atoms with E-state index in [9.17, 15) is 9.59 Å². The molecule has 1 amide bonds. The van der Waals surface area contributed by atoms with Crippen LogP contribution < -0.4 is 10.9 Å². The van der Waals surface area contributed by atoms with Crippen LogP contribution >= 0.6 is 11.3 Å². The lowest BCUT2D eigenvalue weighted by molar-refractivity contribution is -0.121. The summed E-state index contributed by atoms with van der Waals surface area (Å²) in [6.07, 6.45) is 7.35. The minimum Gasteiger partial charge on any atom is -0.356 e. The molecule has 0 spiro atoms. The van der Waals surface area contributed by atoms with Crippen LogP contribution in [0, 0.1) is 5.92 Å². The molecule has 0 radical (unpaired) electrons. The monoisotopic (exact) mass is 361 g/mol. The van der Waals surface area contributed by atoms with Gasteiger partial charge in [0.1, 0.15) is 10.7 Å². The fourth-order valence-electron chi connectivity index (χ4n) is 3.39. The Labute approximate surface area is 152 Å². The van der Waals surface area contributed by atoms with Gasteiger partial charge in [-0.1, -0.05) is 13.8 Å². The van der Waals surface area contributed by atoms with Crippen molar-refractivity contribution < 1.29 is 4.79 Å². The van der Waals surface area contributed by atoms with Gasteiger partial charge >= 0.3 is 0 Å². The Bertz CT molecular complexity index is 807. The van der Waals surface area contributed by atoms with Crippen LogP contribution in [-0.2, 0) is 24.1 Å². The number of fused-ring (bicyclic) bond motifs is 3. The molecule has 0 atom stereocenters. The summed E-state index contributed by atoms with van der Waals surface area (Å²) in [4.78, 5) is 34.1. The molecule has 136 valence electrons. The maximum atomic E-state index is 12.5. The third-order valence-electron chi connectivity index (χ3n) is 4.74. The number of hydrogen-bond acceptors (Lipinski definition) is 4. The Morgan fingerprint density at radius 2 is 2.12 bits per heavy atom. The number of hydrogen-bond donors (Lipinski definition) is 2. The summed E-state index contributed by atoms with van der Waals surface area (Å²) in [5.74, 6) is 1.31. The first-order chi connectivity index (χ1) is 12.0. The Morgan fingerprint density at radius 3 is 2.92 bits per heavy atom. The van der Waals surface area contributed by atoms with Gasteiger partial charge in [-0.25, -0.2) is 4.98 Å². The molecule has 0 bridgehead atoms. The second-order valence-corrected chi connectivity index (χ2v) is 8.37. The molecule has 0 fully saturated rings. The maximum absolute atomic E-state index is 12.5. The number of H-pyrrole nitrogens is 1. The lowest BCUT2D eigenvalue weighted by Gasteiger charge is -2.09. The van der Waals surface area contributed by atoms with E-state index >= 15 is 0 Å². The average Bonchev–Trinajstić information content (AvgIpc) is 2.95. The van der Waals surface area contributed by atoms with Crippen molar-refractivity contribution in [2.45, 2.75) is 65.2 Å². The third-order valence-corrected chi connectivity index (χ3v) is 5.93. The number of amides is 1. The molecule has 3 rings (SSSR count). The van der Waals surface area contributed by atoms with E-state index < -0.39 is 0 Å². The Kier molecular flexibility index (Phi) is 5.89. The molecule has 0 saturated heterocycles. The van der Waals surface area contributed by atoms with Crippen LogP contribution in [0.1, 0.15) is 62.2 Å². The standard InChI is InChI=1S/C19H27N3O2S/c1-12(2)6-5-11-20-16(23)10-9-15-21-18(24)17-13-7-3-4-8-14(13)25-19(17)22-15/h12H,3-11H2,1-2H3,(H,20,23)(H,21,22,24). The molecule has 0 aliphatic heterocycles. The van der Waals surface area contributed by atoms with Gasteiger partial charge in [0.25, 0.3) is 5.56 Å². The summed E-state index contributed by atoms with van der Waals surface area (Å²) >= 11 is 1.65. The molecule has 2 N–H and O–H groups in total. The number of nitrogens with one attached hydrogen (secondary N) is 2. The number of aromatic amines is 1. The zero-order chi connectivity index (χ0) is 17.8. The highest BCUT2D eigenvalue weighted by Gasteiger charge is 2.19. The maximum Gasteiger partial charge on any atom is 0.259 e. The number of carbonyl (C=O) groups is 1. The van der Waals surface area contributed by atoms with Crippen molar-refractivity contribution in [1.82, 2.24) is 15.3 Å². The van der Waals surface area contributed by atoms with E-state index in [1.807, 2.05) is 0 Å². The summed E-state index contributed by atoms with van der Waals surface area (Å²) < 4.78 is 0. The number of thiophene rings is 1. The lowest BCUT2D eigenvalue weighted by Crippen LogP contribution is -2.25. The topological polar surface area (TPSA) is 74.8 Å². The van der Waals surface area contributed by atoms with Crippen LogP contribution in [-0.4, -0.2) is 22.4 Å². The van der Waals surface area contributed by atoms with Gasteiger partial charge in [0, 0.05) is 24.3 Å². The van der Waals surface area contributed by atoms with Gasteiger partial charge in [-0.15, -0.1) is 11.3 Å². The molecular formula is C19H27N3O2S. The van der Waals surface area contributed by atoms with Gasteiger partial charge in [0.15, 0.2) is 0 Å². The van der Waals surface area contributed by atoms with Crippen molar-refractivity contribution in [1.29, 1.82) is 0 Å². The summed E-state index contributed by atoms with van der Waals surface area (Å²) in [5, 5.41) is 3.72. The zero-order valence-corrected chi connectivity index (χ0v) is 15.9. The van der Waals surface area contributed by atoms with Gasteiger partial charge in [-0.2, -0.15) is 0 Å². The Hall–Kier alpha value is -1.69. The number of aryl methyl sites for hydroxylation is 3. The first-order valence-electron chi connectivity index (χ1n) is 9.34. The molecule has 0 aromatic carbocycles. The van der Waals surface area contributed by atoms with E-state index in [4.69, 9.17) is 0 Å². The van der Waals surface area contributed by atoms with Gasteiger partial charge in [-0.05, 0) is 50.0 Å². The summed E-state index contributed by atoms with van der Waals surface area (Å²) in [7, 11) is 0. The first-order valence-corrected chi connectivity index (χ1v) is 10.2. The number of carbonyl (C=O) groups excluding carboxylic acids is 1. The molecule has 5 nitrogen and oxygen atoms in total. The quantitative estimate of drug-likeness (QED) is 0.743. The zero-order valence-electron chi connectivity index (χ0n) is 15.1. The molecule has 2 aromatic heterocycles. The minimum absolute atomic E-state index is 0.0250. The van der Waals surface area contributed by atoms with Crippen LogP contribution in [0.15, 0.2) is 4.79 Å². The highest BCUT2D eigenvalue weighted by Crippen LogP contribution is 2.33. The second kappa shape index (κ2) is 8.13. The SMILES string of the molecule is CC(C)CCCNC(=O)CCc1nc2sc3c(c2c(=O)[nH]1)CCCC3. The van der Waals surface area contributed by atoms with Gasteiger partial charge < -0.3 is 10.3 Å². The molecule has 0 unspecified atom stereocenters. The van der Waals surface area contributed by atoms with E-state index in [0.29, 0.717) is 24.6 Å².